The highest BCUT2D eigenvalue weighted by Gasteiger charge is 2.59. The van der Waals surface area contributed by atoms with Gasteiger partial charge in [-0.3, -0.25) is 0 Å². The lowest BCUT2D eigenvalue weighted by molar-refractivity contribution is -0.150. The van der Waals surface area contributed by atoms with Crippen molar-refractivity contribution in [3.63, 3.8) is 0 Å². The monoisotopic (exact) mass is 246 g/mol. The summed E-state index contributed by atoms with van der Waals surface area (Å²) < 4.78 is 11.1. The Kier molecular flexibility index (Phi) is 2.86. The van der Waals surface area contributed by atoms with E-state index in [1.165, 1.54) is 12.8 Å². The molecule has 0 N–H and O–H groups in total. The van der Waals surface area contributed by atoms with Crippen LogP contribution in [0.25, 0.3) is 0 Å². The molecule has 1 saturated heterocycles. The molecule has 0 amide bonds. The van der Waals surface area contributed by atoms with E-state index in [9.17, 15) is 4.79 Å². The van der Waals surface area contributed by atoms with Crippen molar-refractivity contribution in [2.75, 3.05) is 0 Å². The highest BCUT2D eigenvalue weighted by Crippen LogP contribution is 2.46. The molecule has 2 fully saturated rings. The zero-order chi connectivity index (χ0) is 12.6. The second-order valence-corrected chi connectivity index (χ2v) is 5.31. The van der Waals surface area contributed by atoms with Crippen LogP contribution in [0.1, 0.15) is 38.2 Å². The molecule has 0 radical (unpaired) electrons. The maximum absolute atomic E-state index is 12.0. The van der Waals surface area contributed by atoms with Crippen molar-refractivity contribution in [2.24, 2.45) is 0 Å². The lowest BCUT2D eigenvalue weighted by Crippen LogP contribution is -2.23. The maximum Gasteiger partial charge on any atom is 0.338 e. The molecule has 18 heavy (non-hydrogen) atoms. The molecule has 1 saturated carbocycles. The predicted octanol–water partition coefficient (Wildman–Crippen LogP) is 2.79. The second kappa shape index (κ2) is 4.39. The zero-order valence-electron chi connectivity index (χ0n) is 10.6. The number of rotatable bonds is 3. The van der Waals surface area contributed by atoms with Crippen LogP contribution in [0.15, 0.2) is 30.3 Å². The summed E-state index contributed by atoms with van der Waals surface area (Å²) in [6.07, 6.45) is 4.02. The third-order valence-electron chi connectivity index (χ3n) is 3.95. The van der Waals surface area contributed by atoms with E-state index in [2.05, 4.69) is 0 Å². The Morgan fingerprint density at radius 3 is 2.61 bits per heavy atom. The summed E-state index contributed by atoms with van der Waals surface area (Å²) in [6.45, 7) is 1.95. The first kappa shape index (κ1) is 11.7. The molecular formula is C15H18O3. The predicted molar refractivity (Wildman–Crippen MR) is 67.0 cm³/mol. The van der Waals surface area contributed by atoms with Gasteiger partial charge in [0.2, 0.25) is 0 Å². The van der Waals surface area contributed by atoms with E-state index in [4.69, 9.17) is 9.47 Å². The van der Waals surface area contributed by atoms with Crippen LogP contribution in [0.5, 0.6) is 0 Å². The lowest BCUT2D eigenvalue weighted by atomic mass is 9.97. The SMILES string of the molecule is CC1(c2ccccc2)OC1C(=O)OC1CCCC1. The Labute approximate surface area is 107 Å². The van der Waals surface area contributed by atoms with Gasteiger partial charge in [0, 0.05) is 0 Å². The van der Waals surface area contributed by atoms with E-state index in [1.807, 2.05) is 37.3 Å². The average Bonchev–Trinajstić information content (AvgIpc) is 2.84. The average molecular weight is 246 g/mol. The zero-order valence-corrected chi connectivity index (χ0v) is 10.6. The van der Waals surface area contributed by atoms with Crippen LogP contribution in [0.4, 0.5) is 0 Å². The molecule has 2 atom stereocenters. The van der Waals surface area contributed by atoms with E-state index in [0.717, 1.165) is 18.4 Å². The lowest BCUT2D eigenvalue weighted by Gasteiger charge is -2.11. The Morgan fingerprint density at radius 1 is 1.28 bits per heavy atom. The minimum absolute atomic E-state index is 0.113. The normalized spacial score (nSPS) is 31.3. The summed E-state index contributed by atoms with van der Waals surface area (Å²) in [5.41, 5.74) is 0.551. The van der Waals surface area contributed by atoms with Gasteiger partial charge in [0.25, 0.3) is 0 Å². The fraction of sp³-hybridized carbons (Fsp3) is 0.533. The van der Waals surface area contributed by atoms with Crippen LogP contribution < -0.4 is 0 Å². The molecule has 1 aromatic carbocycles. The fourth-order valence-corrected chi connectivity index (χ4v) is 2.70. The first-order valence-electron chi connectivity index (χ1n) is 6.64. The smallest absolute Gasteiger partial charge is 0.338 e. The molecule has 3 nitrogen and oxygen atoms in total. The van der Waals surface area contributed by atoms with Gasteiger partial charge in [-0.05, 0) is 38.2 Å². The number of ether oxygens (including phenoxy) is 2. The van der Waals surface area contributed by atoms with Crippen molar-refractivity contribution < 1.29 is 14.3 Å². The van der Waals surface area contributed by atoms with E-state index in [-0.39, 0.29) is 12.1 Å². The maximum atomic E-state index is 12.0. The van der Waals surface area contributed by atoms with Gasteiger partial charge in [0.15, 0.2) is 6.10 Å². The first-order chi connectivity index (χ1) is 8.70. The molecular weight excluding hydrogens is 228 g/mol. The molecule has 1 aromatic rings. The molecule has 0 bridgehead atoms. The number of carbonyl (C=O) groups excluding carboxylic acids is 1. The summed E-state index contributed by atoms with van der Waals surface area (Å²) in [5, 5.41) is 0. The van der Waals surface area contributed by atoms with Crippen LogP contribution >= 0.6 is 0 Å². The van der Waals surface area contributed by atoms with Crippen molar-refractivity contribution in [1.29, 1.82) is 0 Å². The van der Waals surface area contributed by atoms with Crippen LogP contribution in [-0.4, -0.2) is 18.2 Å². The molecule has 1 aliphatic carbocycles. The number of carbonyl (C=O) groups is 1. The van der Waals surface area contributed by atoms with Gasteiger partial charge in [-0.15, -0.1) is 0 Å². The topological polar surface area (TPSA) is 38.8 Å². The fourth-order valence-electron chi connectivity index (χ4n) is 2.70. The molecule has 2 unspecified atom stereocenters. The van der Waals surface area contributed by atoms with Crippen LogP contribution in [0.3, 0.4) is 0 Å². The first-order valence-corrected chi connectivity index (χ1v) is 6.64. The summed E-state index contributed by atoms with van der Waals surface area (Å²) in [5.74, 6) is -0.201. The Balaban J connectivity index is 1.64. The van der Waals surface area contributed by atoms with Crippen molar-refractivity contribution in [3.8, 4) is 0 Å². The Bertz CT molecular complexity index is 436. The third kappa shape index (κ3) is 2.03. The summed E-state index contributed by atoms with van der Waals surface area (Å²) >= 11 is 0. The van der Waals surface area contributed by atoms with Crippen LogP contribution in [0.2, 0.25) is 0 Å². The van der Waals surface area contributed by atoms with Gasteiger partial charge < -0.3 is 9.47 Å². The molecule has 2 aliphatic rings. The van der Waals surface area contributed by atoms with Gasteiger partial charge in [-0.25, -0.2) is 4.79 Å². The molecule has 3 rings (SSSR count). The highest BCUT2D eigenvalue weighted by molar-refractivity contribution is 5.80. The number of hydrogen-bond donors (Lipinski definition) is 0. The van der Waals surface area contributed by atoms with Crippen molar-refractivity contribution >= 4 is 5.97 Å². The minimum Gasteiger partial charge on any atom is -0.460 e. The van der Waals surface area contributed by atoms with Gasteiger partial charge in [-0.2, -0.15) is 0 Å². The molecule has 1 heterocycles. The van der Waals surface area contributed by atoms with Gasteiger partial charge in [-0.1, -0.05) is 30.3 Å². The number of epoxide rings is 1. The summed E-state index contributed by atoms with van der Waals surface area (Å²) in [4.78, 5) is 12.0. The second-order valence-electron chi connectivity index (χ2n) is 5.31. The number of hydrogen-bond acceptors (Lipinski definition) is 3. The van der Waals surface area contributed by atoms with Crippen molar-refractivity contribution in [3.05, 3.63) is 35.9 Å². The van der Waals surface area contributed by atoms with Gasteiger partial charge in [0.05, 0.1) is 0 Å². The summed E-state index contributed by atoms with van der Waals surface area (Å²) in [7, 11) is 0. The van der Waals surface area contributed by atoms with E-state index >= 15 is 0 Å². The van der Waals surface area contributed by atoms with E-state index in [0.29, 0.717) is 0 Å². The minimum atomic E-state index is -0.489. The van der Waals surface area contributed by atoms with Crippen molar-refractivity contribution in [2.45, 2.75) is 50.4 Å². The molecule has 96 valence electrons. The Hall–Kier alpha value is -1.35. The summed E-state index contributed by atoms with van der Waals surface area (Å²) in [6, 6.07) is 9.86. The van der Waals surface area contributed by atoms with Crippen LogP contribution in [0, 0.1) is 0 Å². The highest BCUT2D eigenvalue weighted by atomic mass is 16.7. The standard InChI is InChI=1S/C15H18O3/c1-15(11-7-3-2-4-8-11)13(18-15)14(16)17-12-9-5-6-10-12/h2-4,7-8,12-13H,5-6,9-10H2,1H3. The Morgan fingerprint density at radius 2 is 1.94 bits per heavy atom. The van der Waals surface area contributed by atoms with E-state index in [1.54, 1.807) is 0 Å². The van der Waals surface area contributed by atoms with Gasteiger partial charge >= 0.3 is 5.97 Å². The van der Waals surface area contributed by atoms with Gasteiger partial charge in [0.1, 0.15) is 11.7 Å². The van der Waals surface area contributed by atoms with Crippen LogP contribution in [-0.2, 0) is 19.9 Å². The third-order valence-corrected chi connectivity index (χ3v) is 3.95. The quantitative estimate of drug-likeness (QED) is 0.608. The molecule has 3 heteroatoms. The number of benzene rings is 1. The molecule has 0 aromatic heterocycles. The van der Waals surface area contributed by atoms with E-state index < -0.39 is 11.7 Å². The molecule has 0 spiro atoms. The largest absolute Gasteiger partial charge is 0.460 e. The number of esters is 1. The van der Waals surface area contributed by atoms with Crippen molar-refractivity contribution in [1.82, 2.24) is 0 Å². The molecule has 1 aliphatic heterocycles.